The van der Waals surface area contributed by atoms with Gasteiger partial charge in [-0.2, -0.15) is 4.31 Å². The number of hydrogen-bond acceptors (Lipinski definition) is 5. The van der Waals surface area contributed by atoms with Gasteiger partial charge >= 0.3 is 0 Å². The monoisotopic (exact) mass is 508 g/mol. The van der Waals surface area contributed by atoms with Crippen LogP contribution in [0.3, 0.4) is 0 Å². The van der Waals surface area contributed by atoms with Crippen LogP contribution in [0.5, 0.6) is 11.5 Å². The fourth-order valence-corrected chi connectivity index (χ4v) is 5.53. The highest BCUT2D eigenvalue weighted by Crippen LogP contribution is 2.37. The van der Waals surface area contributed by atoms with Crippen LogP contribution in [0.2, 0.25) is 10.0 Å². The maximum absolute atomic E-state index is 13.2. The summed E-state index contributed by atoms with van der Waals surface area (Å²) in [6.45, 7) is 1.62. The number of ether oxygens (including phenoxy) is 2. The molecule has 152 valence electrons. The van der Waals surface area contributed by atoms with Gasteiger partial charge in [-0.1, -0.05) is 23.2 Å². The third-order valence-electron chi connectivity index (χ3n) is 4.54. The molecule has 1 aliphatic rings. The molecule has 0 aliphatic carbocycles. The second-order valence-corrected chi connectivity index (χ2v) is 9.73. The van der Waals surface area contributed by atoms with Crippen molar-refractivity contribution in [2.24, 2.45) is 0 Å². The van der Waals surface area contributed by atoms with Gasteiger partial charge in [-0.25, -0.2) is 8.42 Å². The molecule has 0 radical (unpaired) electrons. The molecule has 0 saturated carbocycles. The lowest BCUT2D eigenvalue weighted by molar-refractivity contribution is 0.370. The minimum Gasteiger partial charge on any atom is -0.496 e. The Hall–Kier alpha value is -1.19. The minimum atomic E-state index is -3.76. The van der Waals surface area contributed by atoms with Gasteiger partial charge in [0.2, 0.25) is 10.0 Å². The Balaban J connectivity index is 1.85. The van der Waals surface area contributed by atoms with Crippen molar-refractivity contribution in [1.29, 1.82) is 0 Å². The molecular formula is C18H19BrCl2N2O4S. The van der Waals surface area contributed by atoms with Gasteiger partial charge in [-0.3, -0.25) is 0 Å². The Bertz CT molecular complexity index is 980. The smallest absolute Gasteiger partial charge is 0.247 e. The quantitative estimate of drug-likeness (QED) is 0.601. The lowest BCUT2D eigenvalue weighted by atomic mass is 10.2. The van der Waals surface area contributed by atoms with Crippen molar-refractivity contribution in [1.82, 2.24) is 4.31 Å². The first-order valence-corrected chi connectivity index (χ1v) is 11.4. The highest BCUT2D eigenvalue weighted by atomic mass is 79.9. The summed E-state index contributed by atoms with van der Waals surface area (Å²) in [5, 5.41) is 1.17. The molecular weight excluding hydrogens is 491 g/mol. The fraction of sp³-hybridized carbons (Fsp3) is 0.333. The van der Waals surface area contributed by atoms with E-state index in [0.717, 1.165) is 5.69 Å². The van der Waals surface area contributed by atoms with E-state index in [-0.39, 0.29) is 10.6 Å². The molecule has 28 heavy (non-hydrogen) atoms. The molecule has 1 aliphatic heterocycles. The number of nitrogens with zero attached hydrogens (tertiary/aromatic N) is 2. The Morgan fingerprint density at radius 2 is 1.61 bits per heavy atom. The number of benzene rings is 2. The van der Waals surface area contributed by atoms with E-state index in [9.17, 15) is 8.42 Å². The summed E-state index contributed by atoms with van der Waals surface area (Å²) in [6.07, 6.45) is 0. The zero-order chi connectivity index (χ0) is 20.5. The molecule has 0 unspecified atom stereocenters. The van der Waals surface area contributed by atoms with Gasteiger partial charge < -0.3 is 14.4 Å². The van der Waals surface area contributed by atoms with Gasteiger partial charge in [0.05, 0.1) is 29.4 Å². The van der Waals surface area contributed by atoms with E-state index in [1.54, 1.807) is 24.3 Å². The molecule has 1 saturated heterocycles. The molecule has 0 spiro atoms. The van der Waals surface area contributed by atoms with Crippen molar-refractivity contribution in [2.45, 2.75) is 4.90 Å². The first-order valence-electron chi connectivity index (χ1n) is 8.39. The lowest BCUT2D eigenvalue weighted by Gasteiger charge is -2.36. The van der Waals surface area contributed by atoms with Crippen LogP contribution in [-0.2, 0) is 10.0 Å². The van der Waals surface area contributed by atoms with Crippen LogP contribution in [0, 0.1) is 0 Å². The van der Waals surface area contributed by atoms with Gasteiger partial charge in [-0.05, 0) is 40.2 Å². The van der Waals surface area contributed by atoms with E-state index in [1.165, 1.54) is 24.6 Å². The van der Waals surface area contributed by atoms with Crippen LogP contribution in [0.15, 0.2) is 39.7 Å². The number of rotatable bonds is 5. The average molecular weight is 510 g/mol. The zero-order valence-corrected chi connectivity index (χ0v) is 19.2. The van der Waals surface area contributed by atoms with Gasteiger partial charge in [0.25, 0.3) is 0 Å². The highest BCUT2D eigenvalue weighted by molar-refractivity contribution is 9.10. The summed E-state index contributed by atoms with van der Waals surface area (Å²) < 4.78 is 39.0. The Morgan fingerprint density at radius 3 is 2.21 bits per heavy atom. The molecule has 0 bridgehead atoms. The SMILES string of the molecule is COc1cc(S(=O)(=O)N2CCN(c3cc(Cl)ccc3Cl)CC2)c(OC)cc1Br. The summed E-state index contributed by atoms with van der Waals surface area (Å²) in [7, 11) is -0.837. The Morgan fingerprint density at radius 1 is 0.964 bits per heavy atom. The third-order valence-corrected chi connectivity index (χ3v) is 7.64. The molecule has 2 aromatic rings. The minimum absolute atomic E-state index is 0.0734. The molecule has 10 heteroatoms. The second-order valence-electron chi connectivity index (χ2n) is 6.12. The second kappa shape index (κ2) is 8.67. The van der Waals surface area contributed by atoms with E-state index >= 15 is 0 Å². The van der Waals surface area contributed by atoms with Crippen molar-refractivity contribution in [3.63, 3.8) is 0 Å². The molecule has 0 aromatic heterocycles. The van der Waals surface area contributed by atoms with E-state index in [0.29, 0.717) is 46.4 Å². The summed E-state index contributed by atoms with van der Waals surface area (Å²) >= 11 is 15.7. The maximum Gasteiger partial charge on any atom is 0.247 e. The number of piperazine rings is 1. The van der Waals surface area contributed by atoms with Gasteiger partial charge in [0.1, 0.15) is 16.4 Å². The van der Waals surface area contributed by atoms with E-state index < -0.39 is 10.0 Å². The van der Waals surface area contributed by atoms with Crippen molar-refractivity contribution in [3.8, 4) is 11.5 Å². The van der Waals surface area contributed by atoms with Crippen molar-refractivity contribution >= 4 is 54.8 Å². The predicted molar refractivity (Wildman–Crippen MR) is 115 cm³/mol. The Labute approximate surface area is 183 Å². The molecule has 2 aromatic carbocycles. The molecule has 0 N–H and O–H groups in total. The number of sulfonamides is 1. The zero-order valence-electron chi connectivity index (χ0n) is 15.3. The van der Waals surface area contributed by atoms with Crippen LogP contribution in [0.1, 0.15) is 0 Å². The predicted octanol–water partition coefficient (Wildman–Crippen LogP) is 4.28. The summed E-state index contributed by atoms with van der Waals surface area (Å²) in [5.74, 6) is 0.678. The summed E-state index contributed by atoms with van der Waals surface area (Å²) in [4.78, 5) is 2.10. The van der Waals surface area contributed by atoms with Crippen LogP contribution >= 0.6 is 39.1 Å². The van der Waals surface area contributed by atoms with Crippen molar-refractivity contribution in [3.05, 3.63) is 44.8 Å². The van der Waals surface area contributed by atoms with Crippen LogP contribution in [-0.4, -0.2) is 53.1 Å². The van der Waals surface area contributed by atoms with Crippen LogP contribution in [0.4, 0.5) is 5.69 Å². The van der Waals surface area contributed by atoms with Crippen LogP contribution in [0.25, 0.3) is 0 Å². The van der Waals surface area contributed by atoms with Gasteiger partial charge in [0.15, 0.2) is 0 Å². The van der Waals surface area contributed by atoms with E-state index in [4.69, 9.17) is 32.7 Å². The standard InChI is InChI=1S/C18H19BrCl2N2O4S/c1-26-16-11-18(17(27-2)10-13(16)19)28(24,25)23-7-5-22(6-8-23)15-9-12(20)3-4-14(15)21/h3-4,9-11H,5-8H2,1-2H3. The summed E-state index contributed by atoms with van der Waals surface area (Å²) in [6, 6.07) is 8.31. The first kappa shape index (κ1) is 21.5. The number of anilines is 1. The maximum atomic E-state index is 13.2. The highest BCUT2D eigenvalue weighted by Gasteiger charge is 2.32. The molecule has 1 heterocycles. The lowest BCUT2D eigenvalue weighted by Crippen LogP contribution is -2.48. The van der Waals surface area contributed by atoms with Crippen molar-refractivity contribution < 1.29 is 17.9 Å². The largest absolute Gasteiger partial charge is 0.496 e. The van der Waals surface area contributed by atoms with Gasteiger partial charge in [-0.15, -0.1) is 0 Å². The number of halogens is 3. The Kier molecular flexibility index (Phi) is 6.66. The molecule has 6 nitrogen and oxygen atoms in total. The van der Waals surface area contributed by atoms with E-state index in [2.05, 4.69) is 15.9 Å². The fourth-order valence-electron chi connectivity index (χ4n) is 3.07. The topological polar surface area (TPSA) is 59.1 Å². The molecule has 0 amide bonds. The van der Waals surface area contributed by atoms with Crippen molar-refractivity contribution in [2.75, 3.05) is 45.3 Å². The molecule has 3 rings (SSSR count). The van der Waals surface area contributed by atoms with Gasteiger partial charge in [0, 0.05) is 37.3 Å². The molecule has 0 atom stereocenters. The average Bonchev–Trinajstić information content (AvgIpc) is 2.69. The third kappa shape index (κ3) is 4.21. The number of methoxy groups -OCH3 is 2. The van der Waals surface area contributed by atoms with E-state index in [1.807, 2.05) is 4.90 Å². The summed E-state index contributed by atoms with van der Waals surface area (Å²) in [5.41, 5.74) is 0.800. The van der Waals surface area contributed by atoms with Crippen LogP contribution < -0.4 is 14.4 Å². The molecule has 1 fully saturated rings. The normalized spacial score (nSPS) is 15.5. The number of hydrogen-bond donors (Lipinski definition) is 0. The first-order chi connectivity index (χ1) is 13.3.